The third-order valence-electron chi connectivity index (χ3n) is 2.42. The summed E-state index contributed by atoms with van der Waals surface area (Å²) in [6, 6.07) is 8.84. The van der Waals surface area contributed by atoms with E-state index in [4.69, 9.17) is 11.6 Å². The van der Waals surface area contributed by atoms with Crippen LogP contribution in [0.15, 0.2) is 40.9 Å². The van der Waals surface area contributed by atoms with E-state index in [-0.39, 0.29) is 11.6 Å². The molecule has 0 radical (unpaired) electrons. The van der Waals surface area contributed by atoms with Crippen LogP contribution in [-0.2, 0) is 6.54 Å². The van der Waals surface area contributed by atoms with Gasteiger partial charge < -0.3 is 5.32 Å². The number of anilines is 1. The molecule has 0 aromatic heterocycles. The lowest BCUT2D eigenvalue weighted by molar-refractivity contribution is 0.621. The number of hydrogen-bond acceptors (Lipinski definition) is 1. The molecule has 0 aliphatic heterocycles. The monoisotopic (exact) mass is 331 g/mol. The maximum Gasteiger partial charge on any atom is 0.137 e. The standard InChI is InChI=1S/C13H9BrClF2N/c14-11-6-10(3-4-13(11)17)18-7-8-1-2-9(16)5-12(8)15/h1-6,18H,7H2. The molecule has 94 valence electrons. The Balaban J connectivity index is 2.09. The van der Waals surface area contributed by atoms with Gasteiger partial charge in [0.1, 0.15) is 11.6 Å². The van der Waals surface area contributed by atoms with Gasteiger partial charge in [0.2, 0.25) is 0 Å². The highest BCUT2D eigenvalue weighted by Gasteiger charge is 2.03. The smallest absolute Gasteiger partial charge is 0.137 e. The fraction of sp³-hybridized carbons (Fsp3) is 0.0769. The zero-order valence-corrected chi connectivity index (χ0v) is 11.5. The number of halogens is 4. The lowest BCUT2D eigenvalue weighted by Crippen LogP contribution is -2.00. The second-order valence-corrected chi connectivity index (χ2v) is 4.98. The molecular formula is C13H9BrClF2N. The predicted molar refractivity (Wildman–Crippen MR) is 72.8 cm³/mol. The first kappa shape index (κ1) is 13.3. The van der Waals surface area contributed by atoms with Crippen molar-refractivity contribution >= 4 is 33.2 Å². The van der Waals surface area contributed by atoms with E-state index in [0.29, 0.717) is 16.0 Å². The fourth-order valence-corrected chi connectivity index (χ4v) is 2.08. The van der Waals surface area contributed by atoms with Gasteiger partial charge in [-0.3, -0.25) is 0 Å². The molecular weight excluding hydrogens is 324 g/mol. The molecule has 5 heteroatoms. The summed E-state index contributed by atoms with van der Waals surface area (Å²) in [5, 5.41) is 3.45. The minimum absolute atomic E-state index is 0.319. The average molecular weight is 333 g/mol. The molecule has 0 atom stereocenters. The molecule has 0 aliphatic carbocycles. The van der Waals surface area contributed by atoms with Crippen LogP contribution in [0.4, 0.5) is 14.5 Å². The van der Waals surface area contributed by atoms with E-state index < -0.39 is 0 Å². The van der Waals surface area contributed by atoms with Crippen molar-refractivity contribution in [2.75, 3.05) is 5.32 Å². The Bertz CT molecular complexity index is 575. The van der Waals surface area contributed by atoms with Crippen LogP contribution in [0.1, 0.15) is 5.56 Å². The molecule has 1 nitrogen and oxygen atoms in total. The normalized spacial score (nSPS) is 10.4. The fourth-order valence-electron chi connectivity index (χ4n) is 1.47. The van der Waals surface area contributed by atoms with Gasteiger partial charge in [0.05, 0.1) is 4.47 Å². The van der Waals surface area contributed by atoms with Crippen molar-refractivity contribution in [2.45, 2.75) is 6.54 Å². The molecule has 0 amide bonds. The molecule has 2 aromatic carbocycles. The quantitative estimate of drug-likeness (QED) is 0.834. The highest BCUT2D eigenvalue weighted by Crippen LogP contribution is 2.22. The van der Waals surface area contributed by atoms with Crippen molar-refractivity contribution in [1.29, 1.82) is 0 Å². The molecule has 2 rings (SSSR count). The van der Waals surface area contributed by atoms with E-state index in [1.165, 1.54) is 18.2 Å². The molecule has 2 aromatic rings. The van der Waals surface area contributed by atoms with Crippen molar-refractivity contribution in [2.24, 2.45) is 0 Å². The molecule has 0 saturated carbocycles. The first-order valence-electron chi connectivity index (χ1n) is 5.19. The van der Waals surface area contributed by atoms with Crippen LogP contribution < -0.4 is 5.32 Å². The predicted octanol–water partition coefficient (Wildman–Crippen LogP) is 4.99. The SMILES string of the molecule is Fc1ccc(CNc2ccc(F)c(Br)c2)c(Cl)c1. The summed E-state index contributed by atoms with van der Waals surface area (Å²) in [6.07, 6.45) is 0. The highest BCUT2D eigenvalue weighted by molar-refractivity contribution is 9.10. The Kier molecular flexibility index (Phi) is 4.19. The zero-order chi connectivity index (χ0) is 13.1. The van der Waals surface area contributed by atoms with Crippen LogP contribution >= 0.6 is 27.5 Å². The molecule has 18 heavy (non-hydrogen) atoms. The minimum atomic E-state index is -0.367. The van der Waals surface area contributed by atoms with E-state index in [0.717, 1.165) is 11.3 Å². The second kappa shape index (κ2) is 5.67. The van der Waals surface area contributed by atoms with Crippen molar-refractivity contribution in [3.8, 4) is 0 Å². The van der Waals surface area contributed by atoms with Crippen molar-refractivity contribution in [3.05, 3.63) is 63.1 Å². The number of rotatable bonds is 3. The second-order valence-electron chi connectivity index (χ2n) is 3.72. The van der Waals surface area contributed by atoms with E-state index in [1.807, 2.05) is 0 Å². The van der Waals surface area contributed by atoms with Crippen LogP contribution in [0.2, 0.25) is 5.02 Å². The van der Waals surface area contributed by atoms with Gasteiger partial charge in [-0.15, -0.1) is 0 Å². The summed E-state index contributed by atoms with van der Waals surface area (Å²) < 4.78 is 26.3. The van der Waals surface area contributed by atoms with Crippen LogP contribution in [0.25, 0.3) is 0 Å². The Hall–Kier alpha value is -1.13. The maximum absolute atomic E-state index is 13.0. The molecule has 0 unspecified atom stereocenters. The summed E-state index contributed by atoms with van der Waals surface area (Å²) in [7, 11) is 0. The Morgan fingerprint density at radius 2 is 1.89 bits per heavy atom. The van der Waals surface area contributed by atoms with Crippen LogP contribution in [-0.4, -0.2) is 0 Å². The first-order valence-corrected chi connectivity index (χ1v) is 6.36. The summed E-state index contributed by atoms with van der Waals surface area (Å²) in [6.45, 7) is 0.442. The molecule has 0 spiro atoms. The third-order valence-corrected chi connectivity index (χ3v) is 3.38. The van der Waals surface area contributed by atoms with Gasteiger partial charge in [-0.2, -0.15) is 0 Å². The Morgan fingerprint density at radius 3 is 2.56 bits per heavy atom. The average Bonchev–Trinajstić information content (AvgIpc) is 2.32. The molecule has 0 saturated heterocycles. The maximum atomic E-state index is 13.0. The van der Waals surface area contributed by atoms with Crippen molar-refractivity contribution in [3.63, 3.8) is 0 Å². The van der Waals surface area contributed by atoms with Gasteiger partial charge >= 0.3 is 0 Å². The third kappa shape index (κ3) is 3.21. The van der Waals surface area contributed by atoms with E-state index in [2.05, 4.69) is 21.2 Å². The lowest BCUT2D eigenvalue weighted by atomic mass is 10.2. The molecule has 0 bridgehead atoms. The summed E-state index contributed by atoms with van der Waals surface area (Å²) in [5.74, 6) is -0.686. The van der Waals surface area contributed by atoms with Gasteiger partial charge in [0.25, 0.3) is 0 Å². The van der Waals surface area contributed by atoms with E-state index >= 15 is 0 Å². The first-order chi connectivity index (χ1) is 8.56. The topological polar surface area (TPSA) is 12.0 Å². The Morgan fingerprint density at radius 1 is 1.11 bits per heavy atom. The minimum Gasteiger partial charge on any atom is -0.381 e. The zero-order valence-electron chi connectivity index (χ0n) is 9.18. The van der Waals surface area contributed by atoms with Crippen LogP contribution in [0, 0.1) is 11.6 Å². The van der Waals surface area contributed by atoms with Crippen molar-refractivity contribution < 1.29 is 8.78 Å². The largest absolute Gasteiger partial charge is 0.381 e. The van der Waals surface area contributed by atoms with E-state index in [9.17, 15) is 8.78 Å². The summed E-state index contributed by atoms with van der Waals surface area (Å²) in [5.41, 5.74) is 1.53. The molecule has 0 aliphatic rings. The van der Waals surface area contributed by atoms with Gasteiger partial charge in [-0.1, -0.05) is 17.7 Å². The molecule has 0 heterocycles. The van der Waals surface area contributed by atoms with Gasteiger partial charge in [-0.05, 0) is 51.8 Å². The summed E-state index contributed by atoms with van der Waals surface area (Å²) in [4.78, 5) is 0. The van der Waals surface area contributed by atoms with Crippen LogP contribution in [0.3, 0.4) is 0 Å². The number of nitrogens with one attached hydrogen (secondary N) is 1. The molecule has 1 N–H and O–H groups in total. The number of hydrogen-bond donors (Lipinski definition) is 1. The van der Waals surface area contributed by atoms with Gasteiger partial charge in [0.15, 0.2) is 0 Å². The van der Waals surface area contributed by atoms with Crippen LogP contribution in [0.5, 0.6) is 0 Å². The highest BCUT2D eigenvalue weighted by atomic mass is 79.9. The lowest BCUT2D eigenvalue weighted by Gasteiger charge is -2.08. The van der Waals surface area contributed by atoms with E-state index in [1.54, 1.807) is 18.2 Å². The Labute approximate surface area is 117 Å². The van der Waals surface area contributed by atoms with Crippen molar-refractivity contribution in [1.82, 2.24) is 0 Å². The van der Waals surface area contributed by atoms with Gasteiger partial charge in [0, 0.05) is 17.3 Å². The molecule has 0 fully saturated rings. The van der Waals surface area contributed by atoms with Gasteiger partial charge in [-0.25, -0.2) is 8.78 Å². The number of benzene rings is 2. The summed E-state index contributed by atoms with van der Waals surface area (Å²) >= 11 is 9.01.